The summed E-state index contributed by atoms with van der Waals surface area (Å²) in [5.74, 6) is -1.23. The Bertz CT molecular complexity index is 2660. The molecule has 52 heavy (non-hydrogen) atoms. The van der Waals surface area contributed by atoms with E-state index in [0.717, 1.165) is 67.9 Å². The zero-order chi connectivity index (χ0) is 36.2. The van der Waals surface area contributed by atoms with Crippen molar-refractivity contribution >= 4 is 50.9 Å². The van der Waals surface area contributed by atoms with Gasteiger partial charge in [0.1, 0.15) is 0 Å². The second kappa shape index (κ2) is 9.91. The van der Waals surface area contributed by atoms with Crippen molar-refractivity contribution in [1.29, 1.82) is 0 Å². The number of nitrogens with zero attached hydrogens (tertiary/aromatic N) is 2. The Balaban J connectivity index is 1.14. The number of fused-ring (bicyclic) bond motifs is 5. The fourth-order valence-corrected chi connectivity index (χ4v) is 9.95. The van der Waals surface area contributed by atoms with E-state index in [1.54, 1.807) is 0 Å². The zero-order valence-corrected chi connectivity index (χ0v) is 30.0. The summed E-state index contributed by atoms with van der Waals surface area (Å²) in [6.45, 7) is 10.6. The molecular weight excluding hydrogens is 645 g/mol. The van der Waals surface area contributed by atoms with Gasteiger partial charge in [-0.05, 0) is 130 Å². The van der Waals surface area contributed by atoms with Crippen molar-refractivity contribution in [2.45, 2.75) is 58.3 Å². The molecule has 0 fully saturated rings. The quantitative estimate of drug-likeness (QED) is 0.171. The number of aryl methyl sites for hydroxylation is 3. The van der Waals surface area contributed by atoms with Gasteiger partial charge in [0.15, 0.2) is 0 Å². The molecule has 2 unspecified atom stereocenters. The molecule has 0 N–H and O–H groups in total. The van der Waals surface area contributed by atoms with Gasteiger partial charge in [0, 0.05) is 23.3 Å². The van der Waals surface area contributed by atoms with Crippen molar-refractivity contribution < 1.29 is 19.2 Å². The summed E-state index contributed by atoms with van der Waals surface area (Å²) in [5.41, 5.74) is 10.9. The maximum absolute atomic E-state index is 14.6. The van der Waals surface area contributed by atoms with Crippen LogP contribution >= 0.6 is 0 Å². The van der Waals surface area contributed by atoms with Gasteiger partial charge in [0.25, 0.3) is 23.6 Å². The van der Waals surface area contributed by atoms with Gasteiger partial charge in [-0.1, -0.05) is 68.4 Å². The van der Waals surface area contributed by atoms with Crippen LogP contribution in [0.4, 0.5) is 5.69 Å². The molecule has 11 rings (SSSR count). The van der Waals surface area contributed by atoms with Gasteiger partial charge in [-0.15, -0.1) is 0 Å². The molecule has 0 spiro atoms. The lowest BCUT2D eigenvalue weighted by atomic mass is 9.49. The topological polar surface area (TPSA) is 74.8 Å². The molecule has 254 valence electrons. The fraction of sp³-hybridized carbons (Fsp3) is 0.217. The molecule has 2 bridgehead atoms. The number of carbonyl (C=O) groups is 4. The minimum absolute atomic E-state index is 0.289. The Kier molecular flexibility index (Phi) is 5.89. The largest absolute Gasteiger partial charge is 0.277 e. The highest BCUT2D eigenvalue weighted by atomic mass is 16.2. The van der Waals surface area contributed by atoms with Gasteiger partial charge in [0.2, 0.25) is 0 Å². The molecule has 3 aliphatic carbocycles. The minimum Gasteiger partial charge on any atom is -0.277 e. The number of amides is 4. The fourth-order valence-electron chi connectivity index (χ4n) is 9.95. The van der Waals surface area contributed by atoms with E-state index in [2.05, 4.69) is 70.2 Å². The number of imide groups is 2. The van der Waals surface area contributed by atoms with Gasteiger partial charge in [-0.25, -0.2) is 4.90 Å². The van der Waals surface area contributed by atoms with Gasteiger partial charge >= 0.3 is 0 Å². The summed E-state index contributed by atoms with van der Waals surface area (Å²) in [5, 5.41) is 4.20. The lowest BCUT2D eigenvalue weighted by Gasteiger charge is -2.53. The summed E-state index contributed by atoms with van der Waals surface area (Å²) in [4.78, 5) is 57.9. The highest BCUT2D eigenvalue weighted by Gasteiger charge is 2.54. The first-order valence-corrected chi connectivity index (χ1v) is 18.0. The summed E-state index contributed by atoms with van der Waals surface area (Å²) in [7, 11) is 1.52. The van der Waals surface area contributed by atoms with E-state index in [1.807, 2.05) is 49.4 Å². The van der Waals surface area contributed by atoms with Crippen LogP contribution in [0.3, 0.4) is 0 Å². The van der Waals surface area contributed by atoms with E-state index in [1.165, 1.54) is 33.4 Å². The normalized spacial score (nSPS) is 21.3. The Morgan fingerprint density at radius 3 is 1.35 bits per heavy atom. The van der Waals surface area contributed by atoms with Crippen LogP contribution in [-0.2, 0) is 10.8 Å². The molecule has 0 aromatic heterocycles. The highest BCUT2D eigenvalue weighted by Crippen LogP contribution is 2.60. The van der Waals surface area contributed by atoms with E-state index in [4.69, 9.17) is 0 Å². The molecule has 2 aliphatic heterocycles. The number of carbonyl (C=O) groups excluding carboxylic acids is 4. The van der Waals surface area contributed by atoms with Gasteiger partial charge < -0.3 is 0 Å². The molecule has 6 aromatic carbocycles. The van der Waals surface area contributed by atoms with Crippen molar-refractivity contribution in [2.75, 3.05) is 11.9 Å². The summed E-state index contributed by atoms with van der Waals surface area (Å²) in [6.07, 6.45) is 1.65. The van der Waals surface area contributed by atoms with E-state index in [-0.39, 0.29) is 23.6 Å². The van der Waals surface area contributed by atoms with Crippen molar-refractivity contribution in [1.82, 2.24) is 4.90 Å². The first-order valence-electron chi connectivity index (χ1n) is 18.0. The van der Waals surface area contributed by atoms with Gasteiger partial charge in [0.05, 0.1) is 27.9 Å². The Morgan fingerprint density at radius 1 is 0.481 bits per heavy atom. The number of hydrogen-bond donors (Lipinski definition) is 0. The molecule has 4 amide bonds. The van der Waals surface area contributed by atoms with Gasteiger partial charge in [-0.2, -0.15) is 0 Å². The maximum atomic E-state index is 14.6. The third-order valence-electron chi connectivity index (χ3n) is 13.0. The van der Waals surface area contributed by atoms with Crippen LogP contribution in [0.25, 0.3) is 32.7 Å². The molecule has 0 radical (unpaired) electrons. The third-order valence-corrected chi connectivity index (χ3v) is 13.0. The summed E-state index contributed by atoms with van der Waals surface area (Å²) < 4.78 is 0. The molecule has 0 saturated heterocycles. The first-order chi connectivity index (χ1) is 24.8. The van der Waals surface area contributed by atoms with Crippen LogP contribution in [0, 0.1) is 20.8 Å². The average Bonchev–Trinajstić information content (AvgIpc) is 3.52. The van der Waals surface area contributed by atoms with Crippen LogP contribution in [0.5, 0.6) is 0 Å². The number of hydrogen-bond acceptors (Lipinski definition) is 4. The molecule has 6 heteroatoms. The second-order valence-corrected chi connectivity index (χ2v) is 15.7. The number of anilines is 1. The van der Waals surface area contributed by atoms with Crippen LogP contribution in [-0.4, -0.2) is 35.6 Å². The lowest BCUT2D eigenvalue weighted by Crippen LogP contribution is -2.46. The maximum Gasteiger partial charge on any atom is 0.266 e. The van der Waals surface area contributed by atoms with Crippen molar-refractivity contribution in [2.24, 2.45) is 0 Å². The number of rotatable bonds is 2. The van der Waals surface area contributed by atoms with Crippen LogP contribution in [0.2, 0.25) is 0 Å². The number of benzene rings is 6. The molecular formula is C46H36N2O4. The average molecular weight is 681 g/mol. The van der Waals surface area contributed by atoms with Crippen LogP contribution in [0.1, 0.15) is 107 Å². The van der Waals surface area contributed by atoms with Crippen molar-refractivity contribution in [3.63, 3.8) is 0 Å². The van der Waals surface area contributed by atoms with E-state index < -0.39 is 10.8 Å². The standard InChI is InChI=1S/C46H36N2O4/c1-23-17-30(27-12-8-7-11-26(27)25(23)3)31-18-24(2)40(29-14-10-9-13-28(29)31)48-43(51)34-21-38-39(22-35(34)44(48)52)46(5)16-15-45(38,4)36-19-32-33(20-37(36)46)42(50)47(6)41(32)49/h7-14,17-22H,15-16H2,1-6H3. The Hall–Kier alpha value is -5.88. The summed E-state index contributed by atoms with van der Waals surface area (Å²) >= 11 is 0. The predicted molar refractivity (Wildman–Crippen MR) is 204 cm³/mol. The van der Waals surface area contributed by atoms with E-state index in [9.17, 15) is 19.2 Å². The smallest absolute Gasteiger partial charge is 0.266 e. The van der Waals surface area contributed by atoms with Crippen molar-refractivity contribution in [3.8, 4) is 11.1 Å². The molecule has 2 atom stereocenters. The van der Waals surface area contributed by atoms with Gasteiger partial charge in [-0.3, -0.25) is 24.1 Å². The van der Waals surface area contributed by atoms with Crippen LogP contribution in [0.15, 0.2) is 84.9 Å². The van der Waals surface area contributed by atoms with E-state index in [0.29, 0.717) is 27.9 Å². The predicted octanol–water partition coefficient (Wildman–Crippen LogP) is 9.33. The Morgan fingerprint density at radius 2 is 0.865 bits per heavy atom. The van der Waals surface area contributed by atoms with Crippen LogP contribution < -0.4 is 4.90 Å². The third kappa shape index (κ3) is 3.59. The molecule has 0 saturated carbocycles. The zero-order valence-electron chi connectivity index (χ0n) is 30.0. The molecule has 2 heterocycles. The summed E-state index contributed by atoms with van der Waals surface area (Å²) in [6, 6.07) is 28.6. The molecule has 6 nitrogen and oxygen atoms in total. The second-order valence-electron chi connectivity index (χ2n) is 15.7. The molecule has 5 aliphatic rings. The van der Waals surface area contributed by atoms with Crippen molar-refractivity contribution in [3.05, 3.63) is 146 Å². The van der Waals surface area contributed by atoms with E-state index >= 15 is 0 Å². The monoisotopic (exact) mass is 680 g/mol. The SMILES string of the molecule is Cc1cc(-c2cc(C)c(N3C(=O)c4cc5c(cc4C3=O)C3(C)CCC5(C)c4cc5c(cc43)C(=O)N(C)C5=O)c3ccccc23)c2ccccc2c1C. The highest BCUT2D eigenvalue weighted by molar-refractivity contribution is 6.37. The molecule has 6 aromatic rings. The Labute approximate surface area is 301 Å². The minimum atomic E-state index is -0.493. The first kappa shape index (κ1) is 30.9. The lowest BCUT2D eigenvalue weighted by molar-refractivity contribution is 0.0692.